The SMILES string of the molecule is Cc1cc(C)c(NC(=O)C2CCOC2)cc1N. The number of nitrogens with one attached hydrogen (secondary N) is 1. The fraction of sp³-hybridized carbons (Fsp3) is 0.462. The predicted octanol–water partition coefficient (Wildman–Crippen LogP) is 1.86. The Morgan fingerprint density at radius 2 is 2.18 bits per heavy atom. The first-order valence-corrected chi connectivity index (χ1v) is 5.83. The summed E-state index contributed by atoms with van der Waals surface area (Å²) in [4.78, 5) is 11.9. The fourth-order valence-corrected chi connectivity index (χ4v) is 1.98. The van der Waals surface area contributed by atoms with Crippen molar-refractivity contribution in [1.29, 1.82) is 0 Å². The smallest absolute Gasteiger partial charge is 0.229 e. The summed E-state index contributed by atoms with van der Waals surface area (Å²) in [6, 6.07) is 3.80. The van der Waals surface area contributed by atoms with E-state index in [1.54, 1.807) is 0 Å². The van der Waals surface area contributed by atoms with Crippen LogP contribution >= 0.6 is 0 Å². The molecule has 3 N–H and O–H groups in total. The van der Waals surface area contributed by atoms with Gasteiger partial charge in [0.2, 0.25) is 5.91 Å². The fourth-order valence-electron chi connectivity index (χ4n) is 1.98. The molecule has 1 atom stereocenters. The topological polar surface area (TPSA) is 64.3 Å². The van der Waals surface area contributed by atoms with Gasteiger partial charge in [-0.1, -0.05) is 6.07 Å². The van der Waals surface area contributed by atoms with Crippen molar-refractivity contribution >= 4 is 17.3 Å². The quantitative estimate of drug-likeness (QED) is 0.768. The van der Waals surface area contributed by atoms with Crippen LogP contribution in [-0.4, -0.2) is 19.1 Å². The van der Waals surface area contributed by atoms with Crippen LogP contribution in [0.1, 0.15) is 17.5 Å². The van der Waals surface area contributed by atoms with E-state index in [0.29, 0.717) is 18.9 Å². The number of anilines is 2. The van der Waals surface area contributed by atoms with Crippen molar-refractivity contribution in [3.63, 3.8) is 0 Å². The summed E-state index contributed by atoms with van der Waals surface area (Å²) in [5.41, 5.74) is 9.40. The Morgan fingerprint density at radius 3 is 2.82 bits per heavy atom. The van der Waals surface area contributed by atoms with E-state index >= 15 is 0 Å². The lowest BCUT2D eigenvalue weighted by molar-refractivity contribution is -0.119. The van der Waals surface area contributed by atoms with Gasteiger partial charge in [-0.25, -0.2) is 0 Å². The van der Waals surface area contributed by atoms with Gasteiger partial charge in [0.25, 0.3) is 0 Å². The van der Waals surface area contributed by atoms with Gasteiger partial charge in [-0.05, 0) is 37.5 Å². The molecule has 0 bridgehead atoms. The zero-order chi connectivity index (χ0) is 12.4. The van der Waals surface area contributed by atoms with Gasteiger partial charge in [-0.15, -0.1) is 0 Å². The number of hydrogen-bond donors (Lipinski definition) is 2. The molecule has 0 saturated carbocycles. The molecular formula is C13H18N2O2. The minimum Gasteiger partial charge on any atom is -0.398 e. The van der Waals surface area contributed by atoms with E-state index in [9.17, 15) is 4.79 Å². The third kappa shape index (κ3) is 2.58. The molecule has 1 heterocycles. The highest BCUT2D eigenvalue weighted by molar-refractivity contribution is 5.94. The number of amides is 1. The van der Waals surface area contributed by atoms with E-state index in [0.717, 1.165) is 23.2 Å². The van der Waals surface area contributed by atoms with E-state index < -0.39 is 0 Å². The minimum absolute atomic E-state index is 0.0221. The standard InChI is InChI=1S/C13H18N2O2/c1-8-5-9(2)12(6-11(8)14)15-13(16)10-3-4-17-7-10/h5-6,10H,3-4,7,14H2,1-2H3,(H,15,16). The maximum atomic E-state index is 11.9. The maximum absolute atomic E-state index is 11.9. The van der Waals surface area contributed by atoms with Gasteiger partial charge < -0.3 is 15.8 Å². The molecule has 1 aromatic rings. The zero-order valence-corrected chi connectivity index (χ0v) is 10.2. The monoisotopic (exact) mass is 234 g/mol. The highest BCUT2D eigenvalue weighted by Crippen LogP contribution is 2.23. The van der Waals surface area contributed by atoms with E-state index in [4.69, 9.17) is 10.5 Å². The number of ether oxygens (including phenoxy) is 1. The van der Waals surface area contributed by atoms with E-state index in [1.807, 2.05) is 26.0 Å². The van der Waals surface area contributed by atoms with E-state index in [2.05, 4.69) is 5.32 Å². The summed E-state index contributed by atoms with van der Waals surface area (Å²) < 4.78 is 5.20. The second-order valence-corrected chi connectivity index (χ2v) is 4.57. The Kier molecular flexibility index (Phi) is 3.33. The van der Waals surface area contributed by atoms with Crippen LogP contribution in [0.5, 0.6) is 0 Å². The lowest BCUT2D eigenvalue weighted by atomic mass is 10.1. The summed E-state index contributed by atoms with van der Waals surface area (Å²) in [5.74, 6) is -0.00854. The van der Waals surface area contributed by atoms with Crippen molar-refractivity contribution < 1.29 is 9.53 Å². The Labute approximate surface area is 101 Å². The van der Waals surface area contributed by atoms with Crippen molar-refractivity contribution in [2.45, 2.75) is 20.3 Å². The first-order chi connectivity index (χ1) is 8.08. The van der Waals surface area contributed by atoms with Crippen molar-refractivity contribution in [3.8, 4) is 0 Å². The maximum Gasteiger partial charge on any atom is 0.229 e. The van der Waals surface area contributed by atoms with E-state index in [-0.39, 0.29) is 11.8 Å². The number of nitrogen functional groups attached to an aromatic ring is 1. The number of hydrogen-bond acceptors (Lipinski definition) is 3. The molecule has 1 aromatic carbocycles. The first kappa shape index (κ1) is 11.9. The molecule has 17 heavy (non-hydrogen) atoms. The van der Waals surface area contributed by atoms with Gasteiger partial charge in [-0.2, -0.15) is 0 Å². The van der Waals surface area contributed by atoms with Crippen LogP contribution < -0.4 is 11.1 Å². The van der Waals surface area contributed by atoms with Crippen LogP contribution in [-0.2, 0) is 9.53 Å². The molecule has 1 aliphatic rings. The molecule has 2 rings (SSSR count). The molecule has 0 spiro atoms. The van der Waals surface area contributed by atoms with Gasteiger partial charge in [0.15, 0.2) is 0 Å². The molecule has 4 nitrogen and oxygen atoms in total. The third-order valence-electron chi connectivity index (χ3n) is 3.17. The molecule has 1 unspecified atom stereocenters. The molecule has 1 saturated heterocycles. The van der Waals surface area contributed by atoms with Gasteiger partial charge in [-0.3, -0.25) is 4.79 Å². The normalized spacial score (nSPS) is 19.3. The van der Waals surface area contributed by atoms with Gasteiger partial charge >= 0.3 is 0 Å². The van der Waals surface area contributed by atoms with Crippen LogP contribution in [0.3, 0.4) is 0 Å². The summed E-state index contributed by atoms with van der Waals surface area (Å²) >= 11 is 0. The number of rotatable bonds is 2. The first-order valence-electron chi connectivity index (χ1n) is 5.83. The lowest BCUT2D eigenvalue weighted by Gasteiger charge is -2.13. The molecule has 92 valence electrons. The molecule has 0 radical (unpaired) electrons. The van der Waals surface area contributed by atoms with Crippen LogP contribution in [0.4, 0.5) is 11.4 Å². The average molecular weight is 234 g/mol. The summed E-state index contributed by atoms with van der Waals surface area (Å²) in [6.07, 6.45) is 0.798. The Hall–Kier alpha value is -1.55. The Morgan fingerprint density at radius 1 is 1.41 bits per heavy atom. The molecule has 1 fully saturated rings. The number of benzene rings is 1. The summed E-state index contributed by atoms with van der Waals surface area (Å²) in [5, 5.41) is 2.92. The lowest BCUT2D eigenvalue weighted by Crippen LogP contribution is -2.23. The molecular weight excluding hydrogens is 216 g/mol. The minimum atomic E-state index is -0.0306. The zero-order valence-electron chi connectivity index (χ0n) is 10.2. The number of nitrogens with two attached hydrogens (primary N) is 1. The largest absolute Gasteiger partial charge is 0.398 e. The molecule has 1 amide bonds. The van der Waals surface area contributed by atoms with Crippen molar-refractivity contribution in [2.75, 3.05) is 24.3 Å². The highest BCUT2D eigenvalue weighted by Gasteiger charge is 2.23. The Bertz CT molecular complexity index is 437. The third-order valence-corrected chi connectivity index (χ3v) is 3.17. The van der Waals surface area contributed by atoms with Gasteiger partial charge in [0.05, 0.1) is 12.5 Å². The van der Waals surface area contributed by atoms with Crippen LogP contribution in [0.25, 0.3) is 0 Å². The van der Waals surface area contributed by atoms with Crippen LogP contribution in [0, 0.1) is 19.8 Å². The van der Waals surface area contributed by atoms with Crippen LogP contribution in [0.2, 0.25) is 0 Å². The Balaban J connectivity index is 2.12. The second kappa shape index (κ2) is 4.75. The van der Waals surface area contributed by atoms with Crippen LogP contribution in [0.15, 0.2) is 12.1 Å². The number of carbonyl (C=O) groups excluding carboxylic acids is 1. The van der Waals surface area contributed by atoms with Crippen molar-refractivity contribution in [3.05, 3.63) is 23.3 Å². The molecule has 4 heteroatoms. The van der Waals surface area contributed by atoms with Crippen molar-refractivity contribution in [1.82, 2.24) is 0 Å². The summed E-state index contributed by atoms with van der Waals surface area (Å²) in [6.45, 7) is 5.12. The predicted molar refractivity (Wildman–Crippen MR) is 67.9 cm³/mol. The summed E-state index contributed by atoms with van der Waals surface area (Å²) in [7, 11) is 0. The molecule has 0 aromatic heterocycles. The number of carbonyl (C=O) groups is 1. The second-order valence-electron chi connectivity index (χ2n) is 4.57. The average Bonchev–Trinajstić information content (AvgIpc) is 2.79. The van der Waals surface area contributed by atoms with E-state index in [1.165, 1.54) is 0 Å². The molecule has 0 aliphatic carbocycles. The number of aryl methyl sites for hydroxylation is 2. The van der Waals surface area contributed by atoms with Gasteiger partial charge in [0, 0.05) is 18.0 Å². The molecule has 1 aliphatic heterocycles. The van der Waals surface area contributed by atoms with Gasteiger partial charge in [0.1, 0.15) is 0 Å². The van der Waals surface area contributed by atoms with Crippen molar-refractivity contribution in [2.24, 2.45) is 5.92 Å². The highest BCUT2D eigenvalue weighted by atomic mass is 16.5.